The number of hydrogen-bond acceptors (Lipinski definition) is 3. The molecule has 1 atom stereocenters. The summed E-state index contributed by atoms with van der Waals surface area (Å²) in [7, 11) is 0. The molecular formula is C23H31IN2O3. The number of benzene rings is 1. The van der Waals surface area contributed by atoms with Crippen LogP contribution in [0.15, 0.2) is 24.3 Å². The van der Waals surface area contributed by atoms with Gasteiger partial charge in [0.2, 0.25) is 11.8 Å². The van der Waals surface area contributed by atoms with Gasteiger partial charge >= 0.3 is 0 Å². The van der Waals surface area contributed by atoms with Crippen molar-refractivity contribution < 1.29 is 14.4 Å². The molecule has 2 fully saturated rings. The van der Waals surface area contributed by atoms with E-state index >= 15 is 0 Å². The fourth-order valence-electron chi connectivity index (χ4n) is 4.68. The molecule has 0 radical (unpaired) electrons. The van der Waals surface area contributed by atoms with Gasteiger partial charge in [-0.15, -0.1) is 0 Å². The van der Waals surface area contributed by atoms with Crippen molar-refractivity contribution in [3.05, 3.63) is 27.8 Å². The molecule has 3 rings (SSSR count). The van der Waals surface area contributed by atoms with Gasteiger partial charge in [-0.25, -0.2) is 4.90 Å². The fraction of sp³-hybridized carbons (Fsp3) is 0.609. The van der Waals surface area contributed by atoms with Gasteiger partial charge in [0.05, 0.1) is 12.1 Å². The Bertz CT molecular complexity index is 843. The van der Waals surface area contributed by atoms with Crippen LogP contribution in [0.1, 0.15) is 61.3 Å². The van der Waals surface area contributed by atoms with Gasteiger partial charge in [-0.05, 0) is 78.0 Å². The summed E-state index contributed by atoms with van der Waals surface area (Å²) in [4.78, 5) is 42.9. The summed E-state index contributed by atoms with van der Waals surface area (Å²) in [6.45, 7) is 14.4. The van der Waals surface area contributed by atoms with Gasteiger partial charge in [-0.2, -0.15) is 0 Å². The third-order valence-electron chi connectivity index (χ3n) is 7.54. The van der Waals surface area contributed by atoms with Gasteiger partial charge in [-0.3, -0.25) is 14.4 Å². The molecule has 0 N–H and O–H groups in total. The fourth-order valence-corrected chi connectivity index (χ4v) is 5.04. The van der Waals surface area contributed by atoms with Crippen molar-refractivity contribution in [2.24, 2.45) is 16.7 Å². The predicted octanol–water partition coefficient (Wildman–Crippen LogP) is 4.62. The number of rotatable bonds is 5. The lowest BCUT2D eigenvalue weighted by Crippen LogP contribution is -2.56. The second-order valence-corrected chi connectivity index (χ2v) is 11.3. The molecule has 1 aliphatic carbocycles. The first kappa shape index (κ1) is 22.2. The number of hydrogen-bond donors (Lipinski definition) is 0. The molecule has 1 unspecified atom stereocenters. The average Bonchev–Trinajstić information content (AvgIpc) is 2.86. The summed E-state index contributed by atoms with van der Waals surface area (Å²) in [6, 6.07) is 6.56. The van der Waals surface area contributed by atoms with E-state index in [2.05, 4.69) is 50.3 Å². The maximum absolute atomic E-state index is 13.7. The highest BCUT2D eigenvalue weighted by atomic mass is 127. The third kappa shape index (κ3) is 3.41. The molecule has 1 aromatic rings. The molecule has 0 bridgehead atoms. The molecule has 3 amide bonds. The van der Waals surface area contributed by atoms with Crippen LogP contribution in [-0.4, -0.2) is 34.2 Å². The van der Waals surface area contributed by atoms with Crippen LogP contribution >= 0.6 is 22.6 Å². The van der Waals surface area contributed by atoms with E-state index < -0.39 is 11.6 Å². The Morgan fingerprint density at radius 3 is 2.10 bits per heavy atom. The molecule has 0 aromatic heterocycles. The molecule has 0 spiro atoms. The average molecular weight is 510 g/mol. The molecule has 1 saturated carbocycles. The van der Waals surface area contributed by atoms with E-state index in [1.54, 1.807) is 17.0 Å². The highest BCUT2D eigenvalue weighted by Crippen LogP contribution is 2.69. The summed E-state index contributed by atoms with van der Waals surface area (Å²) < 4.78 is 1.03. The highest BCUT2D eigenvalue weighted by Gasteiger charge is 2.70. The summed E-state index contributed by atoms with van der Waals surface area (Å²) >= 11 is 2.19. The number of carbonyl (C=O) groups excluding carboxylic acids is 3. The topological polar surface area (TPSA) is 57.7 Å². The van der Waals surface area contributed by atoms with Crippen LogP contribution in [0.25, 0.3) is 0 Å². The van der Waals surface area contributed by atoms with Crippen LogP contribution in [0, 0.1) is 20.3 Å². The van der Waals surface area contributed by atoms with E-state index in [1.165, 1.54) is 4.90 Å². The molecule has 5 nitrogen and oxygen atoms in total. The van der Waals surface area contributed by atoms with Crippen molar-refractivity contribution in [1.82, 2.24) is 4.90 Å². The zero-order chi connectivity index (χ0) is 21.9. The van der Waals surface area contributed by atoms with E-state index in [0.29, 0.717) is 12.1 Å². The quantitative estimate of drug-likeness (QED) is 0.429. The Labute approximate surface area is 187 Å². The van der Waals surface area contributed by atoms with E-state index in [0.717, 1.165) is 3.57 Å². The molecule has 1 aromatic carbocycles. The largest absolute Gasteiger partial charge is 0.325 e. The van der Waals surface area contributed by atoms with E-state index in [-0.39, 0.29) is 40.9 Å². The van der Waals surface area contributed by atoms with Crippen LogP contribution in [-0.2, 0) is 14.4 Å². The Balaban J connectivity index is 1.97. The van der Waals surface area contributed by atoms with E-state index in [9.17, 15) is 14.4 Å². The van der Waals surface area contributed by atoms with E-state index in [1.807, 2.05) is 32.9 Å². The van der Waals surface area contributed by atoms with Crippen LogP contribution in [0.5, 0.6) is 0 Å². The minimum atomic E-state index is -0.753. The lowest BCUT2D eigenvalue weighted by Gasteiger charge is -2.41. The Morgan fingerprint density at radius 1 is 1.14 bits per heavy atom. The lowest BCUT2D eigenvalue weighted by atomic mass is 9.94. The zero-order valence-corrected chi connectivity index (χ0v) is 20.5. The minimum Gasteiger partial charge on any atom is -0.325 e. The van der Waals surface area contributed by atoms with Crippen LogP contribution < -0.4 is 4.90 Å². The molecule has 2 aliphatic rings. The Kier molecular flexibility index (Phi) is 5.42. The summed E-state index contributed by atoms with van der Waals surface area (Å²) in [6.07, 6.45) is 0.737. The van der Waals surface area contributed by atoms with Gasteiger partial charge in [0.15, 0.2) is 0 Å². The zero-order valence-electron chi connectivity index (χ0n) is 18.4. The van der Waals surface area contributed by atoms with Crippen molar-refractivity contribution in [2.75, 3.05) is 4.90 Å². The van der Waals surface area contributed by atoms with Gasteiger partial charge in [0.1, 0.15) is 6.04 Å². The van der Waals surface area contributed by atoms with Crippen molar-refractivity contribution >= 4 is 46.0 Å². The summed E-state index contributed by atoms with van der Waals surface area (Å²) in [5, 5.41) is 0. The molecule has 1 aliphatic heterocycles. The Morgan fingerprint density at radius 2 is 1.66 bits per heavy atom. The van der Waals surface area contributed by atoms with Crippen LogP contribution in [0.2, 0.25) is 0 Å². The van der Waals surface area contributed by atoms with Gasteiger partial charge in [0, 0.05) is 15.0 Å². The summed E-state index contributed by atoms with van der Waals surface area (Å²) in [5.41, 5.74) is -0.216. The van der Waals surface area contributed by atoms with Crippen molar-refractivity contribution in [3.8, 4) is 0 Å². The van der Waals surface area contributed by atoms with Gasteiger partial charge in [0.25, 0.3) is 5.91 Å². The predicted molar refractivity (Wildman–Crippen MR) is 122 cm³/mol. The first-order valence-electron chi connectivity index (χ1n) is 10.2. The molecule has 158 valence electrons. The van der Waals surface area contributed by atoms with Crippen molar-refractivity contribution in [2.45, 2.75) is 72.9 Å². The summed E-state index contributed by atoms with van der Waals surface area (Å²) in [5.74, 6) is -0.721. The van der Waals surface area contributed by atoms with Crippen LogP contribution in [0.3, 0.4) is 0 Å². The normalized spacial score (nSPS) is 23.4. The maximum atomic E-state index is 13.7. The second kappa shape index (κ2) is 7.06. The van der Waals surface area contributed by atoms with Crippen molar-refractivity contribution in [3.63, 3.8) is 0 Å². The first-order chi connectivity index (χ1) is 13.3. The molecule has 6 heteroatoms. The highest BCUT2D eigenvalue weighted by molar-refractivity contribution is 14.1. The third-order valence-corrected chi connectivity index (χ3v) is 8.26. The molecule has 1 saturated heterocycles. The van der Waals surface area contributed by atoms with E-state index in [4.69, 9.17) is 0 Å². The van der Waals surface area contributed by atoms with Crippen LogP contribution in [0.4, 0.5) is 5.69 Å². The number of nitrogens with zero attached hydrogens (tertiary/aromatic N) is 2. The lowest BCUT2D eigenvalue weighted by molar-refractivity contribution is -0.147. The number of anilines is 1. The van der Waals surface area contributed by atoms with Gasteiger partial charge < -0.3 is 4.90 Å². The second-order valence-electron chi connectivity index (χ2n) is 10.0. The van der Waals surface area contributed by atoms with Gasteiger partial charge in [-0.1, -0.05) is 34.6 Å². The SMILES string of the molecule is CCC(C)(C)N(C(=O)C1C(C)(C)C1(C)C)C1CC(=O)N(c2ccc(I)cc2)C1=O. The standard InChI is InChI=1S/C23H31IN2O3/c1-8-21(2,3)26(20(29)18-22(4,5)23(18,6)7)16-13-17(27)25(19(16)28)15-11-9-14(24)10-12-15/h9-12,16,18H,8,13H2,1-7H3. The monoisotopic (exact) mass is 510 g/mol. The first-order valence-corrected chi connectivity index (χ1v) is 11.3. The number of halogens is 1. The Hall–Kier alpha value is -1.44. The molecule has 29 heavy (non-hydrogen) atoms. The number of carbonyl (C=O) groups is 3. The van der Waals surface area contributed by atoms with Crippen molar-refractivity contribution in [1.29, 1.82) is 0 Å². The maximum Gasteiger partial charge on any atom is 0.257 e. The molecular weight excluding hydrogens is 479 g/mol. The number of amides is 3. The minimum absolute atomic E-state index is 0.0116. The smallest absolute Gasteiger partial charge is 0.257 e. The molecule has 1 heterocycles. The number of imide groups is 1.